The number of aliphatic imine (C=N–C) groups is 1. The molecule has 0 atom stereocenters. The van der Waals surface area contributed by atoms with Crippen molar-refractivity contribution in [3.05, 3.63) is 91.4 Å². The van der Waals surface area contributed by atoms with Gasteiger partial charge in [0, 0.05) is 24.0 Å². The highest BCUT2D eigenvalue weighted by atomic mass is 19.4. The number of nitro groups is 1. The number of nitrogens with one attached hydrogen (secondary N) is 1. The number of nitro benzene ring substituents is 1. The van der Waals surface area contributed by atoms with Gasteiger partial charge in [-0.3, -0.25) is 25.0 Å². The molecule has 0 fully saturated rings. The summed E-state index contributed by atoms with van der Waals surface area (Å²) in [7, 11) is 0. The van der Waals surface area contributed by atoms with Crippen LogP contribution in [0.2, 0.25) is 0 Å². The monoisotopic (exact) mass is 404 g/mol. The lowest BCUT2D eigenvalue weighted by Crippen LogP contribution is -2.17. The zero-order valence-electron chi connectivity index (χ0n) is 15.1. The Morgan fingerprint density at radius 1 is 1.21 bits per heavy atom. The van der Waals surface area contributed by atoms with Crippen molar-refractivity contribution in [1.82, 2.24) is 9.78 Å². The van der Waals surface area contributed by atoms with Crippen molar-refractivity contribution in [2.45, 2.75) is 19.6 Å². The van der Waals surface area contributed by atoms with Crippen molar-refractivity contribution in [1.29, 1.82) is 0 Å². The third-order valence-corrected chi connectivity index (χ3v) is 4.18. The number of halogens is 3. The van der Waals surface area contributed by atoms with E-state index in [1.54, 1.807) is 6.92 Å². The Balaban J connectivity index is 1.82. The summed E-state index contributed by atoms with van der Waals surface area (Å²) in [5.41, 5.74) is 0.221. The second-order valence-electron chi connectivity index (χ2n) is 6.23. The highest BCUT2D eigenvalue weighted by molar-refractivity contribution is 5.80. The van der Waals surface area contributed by atoms with Gasteiger partial charge >= 0.3 is 6.18 Å². The van der Waals surface area contributed by atoms with Gasteiger partial charge in [0.2, 0.25) is 0 Å². The van der Waals surface area contributed by atoms with E-state index in [4.69, 9.17) is 0 Å². The Bertz CT molecular complexity index is 1130. The summed E-state index contributed by atoms with van der Waals surface area (Å²) >= 11 is 0. The fourth-order valence-electron chi connectivity index (χ4n) is 2.71. The largest absolute Gasteiger partial charge is 0.416 e. The average molecular weight is 404 g/mol. The van der Waals surface area contributed by atoms with Crippen LogP contribution in [-0.4, -0.2) is 20.9 Å². The number of aromatic amines is 1. The van der Waals surface area contributed by atoms with Crippen LogP contribution in [0, 0.1) is 17.0 Å². The Morgan fingerprint density at radius 2 is 1.90 bits per heavy atom. The molecule has 0 spiro atoms. The van der Waals surface area contributed by atoms with Crippen LogP contribution in [0.4, 0.5) is 18.9 Å². The lowest BCUT2D eigenvalue weighted by atomic mass is 10.1. The van der Waals surface area contributed by atoms with Gasteiger partial charge in [-0.05, 0) is 36.8 Å². The Hall–Kier alpha value is -3.69. The maximum Gasteiger partial charge on any atom is 0.416 e. The zero-order valence-corrected chi connectivity index (χ0v) is 15.1. The van der Waals surface area contributed by atoms with E-state index in [9.17, 15) is 28.1 Å². The van der Waals surface area contributed by atoms with Crippen molar-refractivity contribution < 1.29 is 18.1 Å². The zero-order chi connectivity index (χ0) is 21.2. The van der Waals surface area contributed by atoms with Crippen molar-refractivity contribution in [2.24, 2.45) is 4.99 Å². The maximum absolute atomic E-state index is 12.8. The number of aromatic nitrogens is 2. The number of H-pyrrole nitrogens is 1. The first-order chi connectivity index (χ1) is 13.7. The molecule has 1 heterocycles. The molecule has 1 N–H and O–H groups in total. The van der Waals surface area contributed by atoms with Gasteiger partial charge in [0.05, 0.1) is 28.3 Å². The van der Waals surface area contributed by atoms with Gasteiger partial charge in [-0.25, -0.2) is 4.68 Å². The van der Waals surface area contributed by atoms with Crippen LogP contribution in [0.5, 0.6) is 0 Å². The molecule has 0 saturated heterocycles. The first-order valence-corrected chi connectivity index (χ1v) is 8.39. The quantitative estimate of drug-likeness (QED) is 0.395. The molecule has 1 aromatic heterocycles. The maximum atomic E-state index is 12.8. The van der Waals surface area contributed by atoms with Gasteiger partial charge in [0.1, 0.15) is 0 Å². The van der Waals surface area contributed by atoms with Gasteiger partial charge in [-0.15, -0.1) is 0 Å². The fourth-order valence-corrected chi connectivity index (χ4v) is 2.71. The number of hydrogen-bond acceptors (Lipinski definition) is 4. The molecule has 150 valence electrons. The van der Waals surface area contributed by atoms with E-state index in [1.165, 1.54) is 47.3 Å². The van der Waals surface area contributed by atoms with E-state index in [-0.39, 0.29) is 17.8 Å². The fraction of sp³-hybridized carbons (Fsp3) is 0.158. The number of nitrogens with zero attached hydrogens (tertiary/aromatic N) is 3. The molecule has 0 saturated carbocycles. The molecule has 3 aromatic rings. The summed E-state index contributed by atoms with van der Waals surface area (Å²) < 4.78 is 39.5. The van der Waals surface area contributed by atoms with Crippen LogP contribution in [0.25, 0.3) is 5.69 Å². The SMILES string of the molecule is Cc1[nH]n(-c2ccc([N+](=O)[O-])cc2)c(=O)c1C=NCc1cccc(C(F)(F)F)c1. The van der Waals surface area contributed by atoms with Crippen LogP contribution in [0.1, 0.15) is 22.4 Å². The molecule has 10 heteroatoms. The topological polar surface area (TPSA) is 93.3 Å². The van der Waals surface area contributed by atoms with Gasteiger partial charge in [0.25, 0.3) is 11.2 Å². The van der Waals surface area contributed by atoms with E-state index >= 15 is 0 Å². The Labute approximate surface area is 162 Å². The average Bonchev–Trinajstić information content (AvgIpc) is 2.96. The van der Waals surface area contributed by atoms with Crippen molar-refractivity contribution in [3.63, 3.8) is 0 Å². The summed E-state index contributed by atoms with van der Waals surface area (Å²) in [5, 5.41) is 13.6. The number of benzene rings is 2. The van der Waals surface area contributed by atoms with Crippen molar-refractivity contribution in [3.8, 4) is 5.69 Å². The molecular weight excluding hydrogens is 389 g/mol. The molecular formula is C19H15F3N4O3. The standard InChI is InChI=1S/C19H15F3N4O3/c1-12-17(11-23-10-13-3-2-4-14(9-13)19(20,21)22)18(27)25(24-12)15-5-7-16(8-6-15)26(28)29/h2-9,11,24H,10H2,1H3. The van der Waals surface area contributed by atoms with E-state index < -0.39 is 22.2 Å². The third kappa shape index (κ3) is 4.42. The van der Waals surface area contributed by atoms with Gasteiger partial charge in [-0.2, -0.15) is 13.2 Å². The highest BCUT2D eigenvalue weighted by Gasteiger charge is 2.30. The molecule has 7 nitrogen and oxygen atoms in total. The van der Waals surface area contributed by atoms with Crippen LogP contribution >= 0.6 is 0 Å². The highest BCUT2D eigenvalue weighted by Crippen LogP contribution is 2.29. The summed E-state index contributed by atoms with van der Waals surface area (Å²) in [6.07, 6.45) is -3.13. The second kappa shape index (κ2) is 7.74. The molecule has 0 radical (unpaired) electrons. The van der Waals surface area contributed by atoms with E-state index in [0.29, 0.717) is 16.9 Å². The number of aryl methyl sites for hydroxylation is 1. The number of alkyl halides is 3. The normalized spacial score (nSPS) is 11.9. The number of rotatable bonds is 5. The predicted molar refractivity (Wildman–Crippen MR) is 101 cm³/mol. The summed E-state index contributed by atoms with van der Waals surface area (Å²) in [5.74, 6) is 0. The van der Waals surface area contributed by atoms with E-state index in [1.807, 2.05) is 0 Å². The van der Waals surface area contributed by atoms with Gasteiger partial charge in [-0.1, -0.05) is 12.1 Å². The first kappa shape index (κ1) is 20.1. The van der Waals surface area contributed by atoms with Gasteiger partial charge < -0.3 is 0 Å². The summed E-state index contributed by atoms with van der Waals surface area (Å²) in [6, 6.07) is 10.2. The molecule has 29 heavy (non-hydrogen) atoms. The molecule has 0 aliphatic rings. The van der Waals surface area contributed by atoms with Crippen LogP contribution in [0.3, 0.4) is 0 Å². The molecule has 0 amide bonds. The number of non-ortho nitro benzene ring substituents is 1. The lowest BCUT2D eigenvalue weighted by Gasteiger charge is -2.07. The van der Waals surface area contributed by atoms with Crippen LogP contribution < -0.4 is 5.56 Å². The first-order valence-electron chi connectivity index (χ1n) is 8.39. The van der Waals surface area contributed by atoms with E-state index in [0.717, 1.165) is 12.1 Å². The summed E-state index contributed by atoms with van der Waals surface area (Å²) in [4.78, 5) is 26.9. The van der Waals surface area contributed by atoms with Crippen LogP contribution in [-0.2, 0) is 12.7 Å². The minimum Gasteiger partial charge on any atom is -0.295 e. The molecule has 2 aromatic carbocycles. The summed E-state index contributed by atoms with van der Waals surface area (Å²) in [6.45, 7) is 1.63. The Morgan fingerprint density at radius 3 is 2.52 bits per heavy atom. The van der Waals surface area contributed by atoms with Crippen LogP contribution in [0.15, 0.2) is 58.3 Å². The van der Waals surface area contributed by atoms with Gasteiger partial charge in [0.15, 0.2) is 0 Å². The minimum absolute atomic E-state index is 0.0223. The minimum atomic E-state index is -4.44. The molecule has 0 bridgehead atoms. The van der Waals surface area contributed by atoms with Crippen molar-refractivity contribution in [2.75, 3.05) is 0 Å². The second-order valence-corrected chi connectivity index (χ2v) is 6.23. The third-order valence-electron chi connectivity index (χ3n) is 4.18. The number of hydrogen-bond donors (Lipinski definition) is 1. The lowest BCUT2D eigenvalue weighted by molar-refractivity contribution is -0.384. The molecule has 3 rings (SSSR count). The Kier molecular flexibility index (Phi) is 5.35. The predicted octanol–water partition coefficient (Wildman–Crippen LogP) is 4.02. The van der Waals surface area contributed by atoms with Crippen molar-refractivity contribution >= 4 is 11.9 Å². The molecule has 0 unspecified atom stereocenters. The molecule has 0 aliphatic heterocycles. The van der Waals surface area contributed by atoms with E-state index in [2.05, 4.69) is 10.1 Å². The smallest absolute Gasteiger partial charge is 0.295 e. The molecule has 0 aliphatic carbocycles.